The fourth-order valence-corrected chi connectivity index (χ4v) is 5.71. The summed E-state index contributed by atoms with van der Waals surface area (Å²) in [4.78, 5) is 26.7. The Morgan fingerprint density at radius 1 is 1.03 bits per heavy atom. The van der Waals surface area contributed by atoms with E-state index in [4.69, 9.17) is 0 Å². The number of aryl methyl sites for hydroxylation is 1. The minimum absolute atomic E-state index is 0.0285. The van der Waals surface area contributed by atoms with E-state index in [1.807, 2.05) is 0 Å². The summed E-state index contributed by atoms with van der Waals surface area (Å²) in [5.41, 5.74) is 1.18. The second kappa shape index (κ2) is 7.83. The molecule has 6 nitrogen and oxygen atoms in total. The molecular weight excluding hydrogens is 407 g/mol. The number of anilines is 1. The van der Waals surface area contributed by atoms with E-state index >= 15 is 0 Å². The Bertz CT molecular complexity index is 1090. The Balaban J connectivity index is 1.59. The molecule has 1 saturated heterocycles. The van der Waals surface area contributed by atoms with Crippen LogP contribution in [0, 0.1) is 24.6 Å². The van der Waals surface area contributed by atoms with Crippen molar-refractivity contribution < 1.29 is 22.4 Å². The number of amides is 2. The smallest absolute Gasteiger partial charge is 0.262 e. The molecule has 1 N–H and O–H groups in total. The van der Waals surface area contributed by atoms with Gasteiger partial charge in [-0.2, -0.15) is 0 Å². The highest BCUT2D eigenvalue weighted by atomic mass is 32.2. The number of sulfonamides is 1. The Labute approximate surface area is 175 Å². The quantitative estimate of drug-likeness (QED) is 0.735. The van der Waals surface area contributed by atoms with Crippen molar-refractivity contribution in [1.82, 2.24) is 4.90 Å². The van der Waals surface area contributed by atoms with E-state index in [-0.39, 0.29) is 40.8 Å². The third-order valence-electron chi connectivity index (χ3n) is 5.89. The topological polar surface area (TPSA) is 83.6 Å². The first-order valence-corrected chi connectivity index (χ1v) is 11.5. The molecule has 0 radical (unpaired) electrons. The number of imide groups is 1. The zero-order chi connectivity index (χ0) is 21.5. The van der Waals surface area contributed by atoms with Gasteiger partial charge in [-0.15, -0.1) is 0 Å². The maximum Gasteiger partial charge on any atom is 0.262 e. The van der Waals surface area contributed by atoms with Gasteiger partial charge in [-0.3, -0.25) is 19.2 Å². The summed E-state index contributed by atoms with van der Waals surface area (Å²) in [6.07, 6.45) is 3.37. The highest BCUT2D eigenvalue weighted by Gasteiger charge is 2.47. The van der Waals surface area contributed by atoms with E-state index in [9.17, 15) is 22.4 Å². The molecule has 2 atom stereocenters. The molecule has 2 aromatic rings. The Morgan fingerprint density at radius 2 is 1.70 bits per heavy atom. The van der Waals surface area contributed by atoms with Gasteiger partial charge in [0, 0.05) is 0 Å². The van der Waals surface area contributed by atoms with Gasteiger partial charge in [-0.25, -0.2) is 12.8 Å². The van der Waals surface area contributed by atoms with E-state index in [1.54, 1.807) is 19.1 Å². The molecule has 1 aliphatic carbocycles. The van der Waals surface area contributed by atoms with Crippen molar-refractivity contribution in [2.75, 3.05) is 4.72 Å². The van der Waals surface area contributed by atoms with E-state index in [0.717, 1.165) is 31.7 Å². The number of rotatable bonds is 5. The predicted octanol–water partition coefficient (Wildman–Crippen LogP) is 3.61. The maximum absolute atomic E-state index is 13.4. The number of hydrogen-bond donors (Lipinski definition) is 1. The zero-order valence-electron chi connectivity index (χ0n) is 16.6. The van der Waals surface area contributed by atoms with Crippen LogP contribution < -0.4 is 4.72 Å². The standard InChI is InChI=1S/C22H23FN2O4S/c1-14-9-10-15(13-25-21(26)18-7-2-3-8-19(18)22(25)27)11-20(14)30(28,29)24-17-6-4-5-16(23)12-17/h4-6,9-12,18-19,24H,2-3,7-8,13H2,1H3/t18-,19+. The van der Waals surface area contributed by atoms with Gasteiger partial charge in [0.25, 0.3) is 10.0 Å². The van der Waals surface area contributed by atoms with E-state index in [2.05, 4.69) is 4.72 Å². The minimum Gasteiger partial charge on any atom is -0.280 e. The number of benzene rings is 2. The van der Waals surface area contributed by atoms with E-state index < -0.39 is 15.8 Å². The fraction of sp³-hybridized carbons (Fsp3) is 0.364. The molecule has 158 valence electrons. The zero-order valence-corrected chi connectivity index (χ0v) is 17.4. The van der Waals surface area contributed by atoms with Crippen LogP contribution in [-0.4, -0.2) is 25.1 Å². The molecule has 1 saturated carbocycles. The van der Waals surface area contributed by atoms with E-state index in [1.165, 1.54) is 29.2 Å². The molecular formula is C22H23FN2O4S. The summed E-state index contributed by atoms with van der Waals surface area (Å²) in [7, 11) is -3.97. The third-order valence-corrected chi connectivity index (χ3v) is 7.42. The number of likely N-dealkylation sites (tertiary alicyclic amines) is 1. The summed E-state index contributed by atoms with van der Waals surface area (Å²) in [5, 5.41) is 0. The highest BCUT2D eigenvalue weighted by Crippen LogP contribution is 2.38. The van der Waals surface area contributed by atoms with Crippen molar-refractivity contribution in [3.05, 3.63) is 59.4 Å². The molecule has 2 fully saturated rings. The van der Waals surface area contributed by atoms with Crippen LogP contribution in [0.4, 0.5) is 10.1 Å². The SMILES string of the molecule is Cc1ccc(CN2C(=O)[C@H]3CCCC[C@H]3C2=O)cc1S(=O)(=O)Nc1cccc(F)c1. The van der Waals surface area contributed by atoms with Crippen LogP contribution >= 0.6 is 0 Å². The van der Waals surface area contributed by atoms with Gasteiger partial charge in [0.15, 0.2) is 0 Å². The average Bonchev–Trinajstić information content (AvgIpc) is 2.94. The predicted molar refractivity (Wildman–Crippen MR) is 109 cm³/mol. The van der Waals surface area contributed by atoms with Gasteiger partial charge in [0.05, 0.1) is 29.0 Å². The van der Waals surface area contributed by atoms with Crippen molar-refractivity contribution in [3.63, 3.8) is 0 Å². The first kappa shape index (κ1) is 20.5. The Morgan fingerprint density at radius 3 is 2.33 bits per heavy atom. The molecule has 0 spiro atoms. The average molecular weight is 431 g/mol. The van der Waals surface area contributed by atoms with Crippen LogP contribution in [0.2, 0.25) is 0 Å². The Kier molecular flexibility index (Phi) is 5.36. The number of carbonyl (C=O) groups excluding carboxylic acids is 2. The van der Waals surface area contributed by atoms with Gasteiger partial charge < -0.3 is 0 Å². The summed E-state index contributed by atoms with van der Waals surface area (Å²) >= 11 is 0. The molecule has 2 aromatic carbocycles. The molecule has 0 aromatic heterocycles. The number of fused-ring (bicyclic) bond motifs is 1. The first-order chi connectivity index (χ1) is 14.3. The second-order valence-corrected chi connectivity index (χ2v) is 9.63. The molecule has 2 amide bonds. The van der Waals surface area contributed by atoms with Gasteiger partial charge in [0.1, 0.15) is 5.82 Å². The lowest BCUT2D eigenvalue weighted by atomic mass is 9.81. The van der Waals surface area contributed by atoms with Crippen LogP contribution in [0.25, 0.3) is 0 Å². The van der Waals surface area contributed by atoms with Crippen LogP contribution in [0.3, 0.4) is 0 Å². The number of nitrogens with one attached hydrogen (secondary N) is 1. The van der Waals surface area contributed by atoms with Crippen molar-refractivity contribution >= 4 is 27.5 Å². The van der Waals surface area contributed by atoms with Crippen molar-refractivity contribution in [2.45, 2.75) is 44.0 Å². The number of halogens is 1. The van der Waals surface area contributed by atoms with Crippen LogP contribution in [-0.2, 0) is 26.2 Å². The van der Waals surface area contributed by atoms with Crippen molar-refractivity contribution in [3.8, 4) is 0 Å². The van der Waals surface area contributed by atoms with E-state index in [0.29, 0.717) is 11.1 Å². The van der Waals surface area contributed by atoms with Crippen LogP contribution in [0.15, 0.2) is 47.4 Å². The monoisotopic (exact) mass is 430 g/mol. The summed E-state index contributed by atoms with van der Waals surface area (Å²) in [6, 6.07) is 10.0. The summed E-state index contributed by atoms with van der Waals surface area (Å²) in [6.45, 7) is 1.71. The molecule has 1 aliphatic heterocycles. The second-order valence-electron chi connectivity index (χ2n) is 7.98. The fourth-order valence-electron chi connectivity index (χ4n) is 4.36. The Hall–Kier alpha value is -2.74. The van der Waals surface area contributed by atoms with Gasteiger partial charge >= 0.3 is 0 Å². The molecule has 2 aliphatic rings. The first-order valence-electron chi connectivity index (χ1n) is 9.99. The lowest BCUT2D eigenvalue weighted by Crippen LogP contribution is -2.30. The molecule has 0 bridgehead atoms. The lowest BCUT2D eigenvalue weighted by molar-refractivity contribution is -0.140. The van der Waals surface area contributed by atoms with Crippen molar-refractivity contribution in [2.24, 2.45) is 11.8 Å². The van der Waals surface area contributed by atoms with Crippen LogP contribution in [0.5, 0.6) is 0 Å². The molecule has 4 rings (SSSR count). The highest BCUT2D eigenvalue weighted by molar-refractivity contribution is 7.92. The maximum atomic E-state index is 13.4. The van der Waals surface area contributed by atoms with Crippen molar-refractivity contribution in [1.29, 1.82) is 0 Å². The number of hydrogen-bond acceptors (Lipinski definition) is 4. The third kappa shape index (κ3) is 3.84. The van der Waals surface area contributed by atoms with Gasteiger partial charge in [-0.05, 0) is 55.2 Å². The van der Waals surface area contributed by atoms with Gasteiger partial charge in [-0.1, -0.05) is 31.0 Å². The molecule has 8 heteroatoms. The largest absolute Gasteiger partial charge is 0.280 e. The number of carbonyl (C=O) groups is 2. The minimum atomic E-state index is -3.97. The summed E-state index contributed by atoms with van der Waals surface area (Å²) in [5.74, 6) is -1.35. The molecule has 1 heterocycles. The lowest BCUT2D eigenvalue weighted by Gasteiger charge is -2.19. The molecule has 30 heavy (non-hydrogen) atoms. The van der Waals surface area contributed by atoms with Crippen LogP contribution in [0.1, 0.15) is 36.8 Å². The molecule has 0 unspecified atom stereocenters. The number of nitrogens with zero attached hydrogens (tertiary/aromatic N) is 1. The normalized spacial score (nSPS) is 21.6. The summed E-state index contributed by atoms with van der Waals surface area (Å²) < 4.78 is 41.5. The van der Waals surface area contributed by atoms with Gasteiger partial charge in [0.2, 0.25) is 11.8 Å².